The summed E-state index contributed by atoms with van der Waals surface area (Å²) in [5.41, 5.74) is 3.64. The predicted octanol–water partition coefficient (Wildman–Crippen LogP) is 5.92. The number of anilines is 1. The molecule has 4 nitrogen and oxygen atoms in total. The van der Waals surface area contributed by atoms with E-state index < -0.39 is 12.1 Å². The van der Waals surface area contributed by atoms with Crippen molar-refractivity contribution in [2.75, 3.05) is 18.0 Å². The molecule has 4 rings (SSSR count). The number of carbonyl (C=O) groups is 1. The van der Waals surface area contributed by atoms with Gasteiger partial charge in [-0.25, -0.2) is 9.78 Å². The molecule has 0 aliphatic carbocycles. The van der Waals surface area contributed by atoms with Crippen molar-refractivity contribution in [3.8, 4) is 11.1 Å². The van der Waals surface area contributed by atoms with E-state index in [-0.39, 0.29) is 0 Å². The Morgan fingerprint density at radius 2 is 1.47 bits per heavy atom. The molecule has 1 saturated heterocycles. The van der Waals surface area contributed by atoms with Gasteiger partial charge in [-0.15, -0.1) is 0 Å². The van der Waals surface area contributed by atoms with E-state index in [2.05, 4.69) is 65.6 Å². The lowest BCUT2D eigenvalue weighted by atomic mass is 10.0. The van der Waals surface area contributed by atoms with Crippen LogP contribution < -0.4 is 4.90 Å². The molecule has 158 valence electrons. The number of carboxylic acids is 1. The standard InChI is InChI=1S/C21H22N2.C2HF3O2/c1-2-9-15-23(14-8-1)21-16-19(17-10-4-3-5-11-17)18-12-6-7-13-20(18)22-21;3-2(4,5)1(6)7/h3-7,10-13,16H,1-2,8-9,14-15H2;(H,6,7). The van der Waals surface area contributed by atoms with Crippen LogP contribution >= 0.6 is 0 Å². The lowest BCUT2D eigenvalue weighted by Crippen LogP contribution is -2.24. The first-order valence-electron chi connectivity index (χ1n) is 9.86. The number of alkyl halides is 3. The van der Waals surface area contributed by atoms with Crippen LogP contribution in [0, 0.1) is 0 Å². The minimum absolute atomic E-state index is 1.09. The zero-order valence-electron chi connectivity index (χ0n) is 16.4. The van der Waals surface area contributed by atoms with E-state index in [4.69, 9.17) is 14.9 Å². The van der Waals surface area contributed by atoms with E-state index in [0.29, 0.717) is 0 Å². The number of hydrogen-bond acceptors (Lipinski definition) is 3. The summed E-state index contributed by atoms with van der Waals surface area (Å²) in [4.78, 5) is 16.3. The number of nitrogens with zero attached hydrogens (tertiary/aromatic N) is 2. The van der Waals surface area contributed by atoms with Gasteiger partial charge in [0.25, 0.3) is 0 Å². The molecule has 0 atom stereocenters. The van der Waals surface area contributed by atoms with Crippen LogP contribution in [0.5, 0.6) is 0 Å². The molecule has 0 amide bonds. The molecule has 1 aliphatic rings. The molecule has 3 aromatic rings. The van der Waals surface area contributed by atoms with Crippen LogP contribution in [0.1, 0.15) is 25.7 Å². The van der Waals surface area contributed by atoms with E-state index >= 15 is 0 Å². The van der Waals surface area contributed by atoms with Gasteiger partial charge in [-0.05, 0) is 36.1 Å². The topological polar surface area (TPSA) is 53.4 Å². The summed E-state index contributed by atoms with van der Waals surface area (Å²) in [6.45, 7) is 2.25. The molecule has 0 bridgehead atoms. The lowest BCUT2D eigenvalue weighted by Gasteiger charge is -2.23. The molecule has 2 aromatic carbocycles. The molecule has 1 N–H and O–H groups in total. The Morgan fingerprint density at radius 1 is 0.900 bits per heavy atom. The Balaban J connectivity index is 0.000000318. The molecule has 2 heterocycles. The Kier molecular flexibility index (Phi) is 6.92. The normalized spacial score (nSPS) is 14.6. The van der Waals surface area contributed by atoms with Gasteiger partial charge in [0, 0.05) is 18.5 Å². The highest BCUT2D eigenvalue weighted by Gasteiger charge is 2.38. The van der Waals surface area contributed by atoms with Crippen LogP contribution in [0.3, 0.4) is 0 Å². The molecule has 0 saturated carbocycles. The van der Waals surface area contributed by atoms with E-state index in [9.17, 15) is 13.2 Å². The molecular weight excluding hydrogens is 393 g/mol. The van der Waals surface area contributed by atoms with Crippen molar-refractivity contribution in [1.82, 2.24) is 4.98 Å². The van der Waals surface area contributed by atoms with Crippen molar-refractivity contribution in [3.05, 3.63) is 60.7 Å². The molecule has 1 aromatic heterocycles. The first-order valence-corrected chi connectivity index (χ1v) is 9.86. The second-order valence-electron chi connectivity index (χ2n) is 7.12. The van der Waals surface area contributed by atoms with Crippen molar-refractivity contribution in [1.29, 1.82) is 0 Å². The van der Waals surface area contributed by atoms with Gasteiger partial charge in [-0.3, -0.25) is 0 Å². The fraction of sp³-hybridized carbons (Fsp3) is 0.304. The Labute approximate surface area is 173 Å². The van der Waals surface area contributed by atoms with Crippen molar-refractivity contribution < 1.29 is 23.1 Å². The summed E-state index contributed by atoms with van der Waals surface area (Å²) in [6, 6.07) is 21.4. The molecular formula is C23H23F3N2O2. The van der Waals surface area contributed by atoms with Gasteiger partial charge in [0.15, 0.2) is 0 Å². The average Bonchev–Trinajstić information content (AvgIpc) is 3.03. The fourth-order valence-electron chi connectivity index (χ4n) is 3.48. The molecule has 30 heavy (non-hydrogen) atoms. The molecule has 1 fully saturated rings. The van der Waals surface area contributed by atoms with Crippen LogP contribution in [0.4, 0.5) is 19.0 Å². The number of benzene rings is 2. The van der Waals surface area contributed by atoms with E-state index in [1.165, 1.54) is 42.2 Å². The Hall–Kier alpha value is -3.09. The first kappa shape index (κ1) is 21.6. The van der Waals surface area contributed by atoms with Crippen molar-refractivity contribution in [3.63, 3.8) is 0 Å². The summed E-state index contributed by atoms with van der Waals surface area (Å²) < 4.78 is 31.7. The van der Waals surface area contributed by atoms with Gasteiger partial charge < -0.3 is 10.0 Å². The van der Waals surface area contributed by atoms with Crippen LogP contribution in [0.15, 0.2) is 60.7 Å². The minimum atomic E-state index is -5.08. The van der Waals surface area contributed by atoms with Crippen LogP contribution in [0.2, 0.25) is 0 Å². The summed E-state index contributed by atoms with van der Waals surface area (Å²) in [6.07, 6.45) is 0.148. The maximum atomic E-state index is 10.6. The summed E-state index contributed by atoms with van der Waals surface area (Å²) in [7, 11) is 0. The second-order valence-corrected chi connectivity index (χ2v) is 7.12. The number of para-hydroxylation sites is 1. The molecule has 0 spiro atoms. The van der Waals surface area contributed by atoms with Crippen LogP contribution in [0.25, 0.3) is 22.0 Å². The maximum absolute atomic E-state index is 10.6. The molecule has 0 unspecified atom stereocenters. The SMILES string of the molecule is O=C(O)C(F)(F)F.c1ccc(-c2cc(N3CCCCCC3)nc3ccccc23)cc1. The first-order chi connectivity index (χ1) is 14.4. The highest BCUT2D eigenvalue weighted by molar-refractivity contribution is 5.96. The van der Waals surface area contributed by atoms with E-state index in [1.54, 1.807) is 0 Å². The smallest absolute Gasteiger partial charge is 0.475 e. The van der Waals surface area contributed by atoms with Crippen LogP contribution in [-0.4, -0.2) is 35.3 Å². The summed E-state index contributed by atoms with van der Waals surface area (Å²) in [5, 5.41) is 8.36. The molecule has 0 radical (unpaired) electrons. The predicted molar refractivity (Wildman–Crippen MR) is 112 cm³/mol. The number of rotatable bonds is 2. The van der Waals surface area contributed by atoms with Gasteiger partial charge in [0.2, 0.25) is 0 Å². The Bertz CT molecular complexity index is 983. The largest absolute Gasteiger partial charge is 0.490 e. The molecule has 1 aliphatic heterocycles. The number of pyridine rings is 1. The van der Waals surface area contributed by atoms with Crippen molar-refractivity contribution in [2.24, 2.45) is 0 Å². The fourth-order valence-corrected chi connectivity index (χ4v) is 3.48. The van der Waals surface area contributed by atoms with Gasteiger partial charge in [-0.2, -0.15) is 13.2 Å². The maximum Gasteiger partial charge on any atom is 0.490 e. The minimum Gasteiger partial charge on any atom is -0.475 e. The number of hydrogen-bond donors (Lipinski definition) is 1. The number of halogens is 3. The Morgan fingerprint density at radius 3 is 2.07 bits per heavy atom. The average molecular weight is 416 g/mol. The van der Waals surface area contributed by atoms with E-state index in [0.717, 1.165) is 24.4 Å². The highest BCUT2D eigenvalue weighted by Crippen LogP contribution is 2.32. The zero-order valence-corrected chi connectivity index (χ0v) is 16.4. The van der Waals surface area contributed by atoms with Crippen molar-refractivity contribution >= 4 is 22.7 Å². The van der Waals surface area contributed by atoms with Gasteiger partial charge in [0.1, 0.15) is 5.82 Å². The quantitative estimate of drug-likeness (QED) is 0.564. The second kappa shape index (κ2) is 9.61. The number of fused-ring (bicyclic) bond motifs is 1. The lowest BCUT2D eigenvalue weighted by molar-refractivity contribution is -0.192. The third kappa shape index (κ3) is 5.49. The van der Waals surface area contributed by atoms with Gasteiger partial charge in [-0.1, -0.05) is 61.4 Å². The van der Waals surface area contributed by atoms with Gasteiger partial charge >= 0.3 is 12.1 Å². The zero-order chi connectivity index (χ0) is 21.6. The third-order valence-electron chi connectivity index (χ3n) is 4.96. The monoisotopic (exact) mass is 416 g/mol. The van der Waals surface area contributed by atoms with Crippen LogP contribution in [-0.2, 0) is 4.79 Å². The number of aliphatic carboxylic acids is 1. The highest BCUT2D eigenvalue weighted by atomic mass is 19.4. The number of aromatic nitrogens is 1. The van der Waals surface area contributed by atoms with Crippen molar-refractivity contribution in [2.45, 2.75) is 31.9 Å². The third-order valence-corrected chi connectivity index (χ3v) is 4.96. The number of carboxylic acid groups (broad SMARTS) is 1. The molecule has 7 heteroatoms. The van der Waals surface area contributed by atoms with Gasteiger partial charge in [0.05, 0.1) is 5.52 Å². The summed E-state index contributed by atoms with van der Waals surface area (Å²) >= 11 is 0. The van der Waals surface area contributed by atoms with E-state index in [1.807, 2.05) is 0 Å². The summed E-state index contributed by atoms with van der Waals surface area (Å²) in [5.74, 6) is -1.63.